The number of pyridine rings is 2. The van der Waals surface area contributed by atoms with Gasteiger partial charge in [-0.15, -0.1) is 0 Å². The van der Waals surface area contributed by atoms with Crippen molar-refractivity contribution in [2.75, 3.05) is 30.8 Å². The summed E-state index contributed by atoms with van der Waals surface area (Å²) in [7, 11) is 1.65. The minimum Gasteiger partial charge on any atom is -0.397 e. The molecule has 3 aromatic rings. The number of hydrogen-bond donors (Lipinski definition) is 2. The quantitative estimate of drug-likeness (QED) is 0.531. The molecule has 0 amide bonds. The summed E-state index contributed by atoms with van der Waals surface area (Å²) >= 11 is 0. The monoisotopic (exact) mass is 469 g/mol. The summed E-state index contributed by atoms with van der Waals surface area (Å²) in [5, 5.41) is 0. The number of anilines is 2. The summed E-state index contributed by atoms with van der Waals surface area (Å²) in [4.78, 5) is 23.6. The van der Waals surface area contributed by atoms with Crippen molar-refractivity contribution in [3.63, 3.8) is 0 Å². The van der Waals surface area contributed by atoms with Gasteiger partial charge in [-0.3, -0.25) is 9.78 Å². The Morgan fingerprint density at radius 3 is 2.62 bits per heavy atom. The van der Waals surface area contributed by atoms with Gasteiger partial charge in [0.05, 0.1) is 23.0 Å². The largest absolute Gasteiger partial charge is 0.397 e. The average Bonchev–Trinajstić information content (AvgIpc) is 2.79. The minimum absolute atomic E-state index is 0. The van der Waals surface area contributed by atoms with E-state index in [0.717, 1.165) is 24.2 Å². The Morgan fingerprint density at radius 2 is 1.91 bits per heavy atom. The van der Waals surface area contributed by atoms with Crippen molar-refractivity contribution in [3.05, 3.63) is 71.7 Å². The van der Waals surface area contributed by atoms with Crippen LogP contribution in [0.1, 0.15) is 29.9 Å². The Balaban J connectivity index is 0.00000324. The molecule has 4 rings (SSSR count). The molecule has 0 saturated carbocycles. The Morgan fingerprint density at radius 1 is 1.18 bits per heavy atom. The van der Waals surface area contributed by atoms with Gasteiger partial charge < -0.3 is 21.1 Å². The first-order valence-electron chi connectivity index (χ1n) is 10.6. The molecule has 1 aliphatic heterocycles. The third-order valence-electron chi connectivity index (χ3n) is 5.76. The molecular weight excluding hydrogens is 440 g/mol. The first kappa shape index (κ1) is 25.2. The van der Waals surface area contributed by atoms with Crippen LogP contribution < -0.4 is 16.4 Å². The van der Waals surface area contributed by atoms with Crippen LogP contribution in [0, 0.1) is 11.6 Å². The van der Waals surface area contributed by atoms with Crippen LogP contribution in [-0.4, -0.2) is 48.1 Å². The molecule has 0 aliphatic carbocycles. The first-order chi connectivity index (χ1) is 15.9. The lowest BCUT2D eigenvalue weighted by molar-refractivity contribution is 0.0835. The maximum Gasteiger partial charge on any atom is 0.187 e. The molecule has 4 N–H and O–H groups in total. The van der Waals surface area contributed by atoms with Gasteiger partial charge in [-0.05, 0) is 36.8 Å². The number of Topliss-reactive ketones (excluding diaryl/α,β-unsaturated/α-hetero) is 1. The molecule has 180 valence electrons. The number of methoxy groups -OCH3 is 1. The Kier molecular flexibility index (Phi) is 7.90. The Labute approximate surface area is 197 Å². The summed E-state index contributed by atoms with van der Waals surface area (Å²) in [5.41, 5.74) is 13.5. The lowest BCUT2D eigenvalue weighted by Gasteiger charge is -2.37. The number of carbonyl (C=O) groups excluding carboxylic acids is 1. The van der Waals surface area contributed by atoms with E-state index in [9.17, 15) is 13.6 Å². The van der Waals surface area contributed by atoms with E-state index in [1.165, 1.54) is 18.2 Å². The van der Waals surface area contributed by atoms with Gasteiger partial charge in [0.15, 0.2) is 5.78 Å². The highest BCUT2D eigenvalue weighted by Gasteiger charge is 2.27. The SMILES string of the molecule is C.CO[C@@H]1C[C@H](N)CN(c2ccncc2CC(=O)c2nc(-c3c(F)cccc3F)ccc2N)C1. The zero-order valence-corrected chi connectivity index (χ0v) is 18.2. The Bertz CT molecular complexity index is 1150. The van der Waals surface area contributed by atoms with Crippen molar-refractivity contribution < 1.29 is 18.3 Å². The molecule has 9 heteroatoms. The summed E-state index contributed by atoms with van der Waals surface area (Å²) in [6, 6.07) is 8.12. The number of carbonyl (C=O) groups is 1. The van der Waals surface area contributed by atoms with Crippen LogP contribution in [0.4, 0.5) is 20.2 Å². The maximum absolute atomic E-state index is 14.2. The highest BCUT2D eigenvalue weighted by Crippen LogP contribution is 2.28. The number of hydrogen-bond acceptors (Lipinski definition) is 7. The van der Waals surface area contributed by atoms with Gasteiger partial charge in [-0.1, -0.05) is 13.5 Å². The molecule has 2 aromatic heterocycles. The summed E-state index contributed by atoms with van der Waals surface area (Å²) in [6.07, 6.45) is 3.97. The topological polar surface area (TPSA) is 107 Å². The van der Waals surface area contributed by atoms with E-state index >= 15 is 0 Å². The molecule has 7 nitrogen and oxygen atoms in total. The van der Waals surface area contributed by atoms with Gasteiger partial charge in [-0.25, -0.2) is 13.8 Å². The number of nitrogens with two attached hydrogens (primary N) is 2. The van der Waals surface area contributed by atoms with Gasteiger partial charge in [0.2, 0.25) is 0 Å². The molecule has 2 atom stereocenters. The predicted molar refractivity (Wildman–Crippen MR) is 129 cm³/mol. The molecule has 1 fully saturated rings. The number of aromatic nitrogens is 2. The van der Waals surface area contributed by atoms with Gasteiger partial charge in [0.1, 0.15) is 17.3 Å². The molecule has 0 radical (unpaired) electrons. The second-order valence-electron chi connectivity index (χ2n) is 8.09. The van der Waals surface area contributed by atoms with E-state index in [2.05, 4.69) is 14.9 Å². The van der Waals surface area contributed by atoms with E-state index in [4.69, 9.17) is 16.2 Å². The normalized spacial score (nSPS) is 17.8. The molecule has 1 saturated heterocycles. The molecular formula is C25H29F2N5O2. The zero-order chi connectivity index (χ0) is 23.5. The third kappa shape index (κ3) is 5.21. The standard InChI is InChI=1S/C24H25F2N5O2.CH4/c1-33-16-10-15(27)12-31(13-16)21-7-8-29-11-14(21)9-22(32)24-19(28)5-6-20(30-24)23-17(25)3-2-4-18(23)26;/h2-8,11,15-16H,9-10,12-13,27-28H2,1H3;1H4/t15-,16+;/m0./s1. The van der Waals surface area contributed by atoms with Crippen LogP contribution in [0.3, 0.4) is 0 Å². The predicted octanol–water partition coefficient (Wildman–Crippen LogP) is 3.62. The van der Waals surface area contributed by atoms with Crippen LogP contribution >= 0.6 is 0 Å². The second-order valence-corrected chi connectivity index (χ2v) is 8.09. The van der Waals surface area contributed by atoms with Crippen molar-refractivity contribution in [1.29, 1.82) is 0 Å². The number of halogens is 2. The van der Waals surface area contributed by atoms with E-state index < -0.39 is 11.6 Å². The minimum atomic E-state index is -0.769. The van der Waals surface area contributed by atoms with Crippen LogP contribution in [0.25, 0.3) is 11.3 Å². The van der Waals surface area contributed by atoms with Crippen molar-refractivity contribution in [3.8, 4) is 11.3 Å². The first-order valence-corrected chi connectivity index (χ1v) is 10.6. The third-order valence-corrected chi connectivity index (χ3v) is 5.76. The zero-order valence-electron chi connectivity index (χ0n) is 18.2. The van der Waals surface area contributed by atoms with Gasteiger partial charge >= 0.3 is 0 Å². The van der Waals surface area contributed by atoms with Crippen molar-refractivity contribution in [1.82, 2.24) is 9.97 Å². The van der Waals surface area contributed by atoms with Crippen LogP contribution in [0.15, 0.2) is 48.8 Å². The van der Waals surface area contributed by atoms with E-state index in [1.807, 2.05) is 6.07 Å². The number of benzene rings is 1. The number of piperidine rings is 1. The fourth-order valence-electron chi connectivity index (χ4n) is 4.15. The van der Waals surface area contributed by atoms with Crippen LogP contribution in [0.2, 0.25) is 0 Å². The summed E-state index contributed by atoms with van der Waals surface area (Å²) in [6.45, 7) is 1.26. The highest BCUT2D eigenvalue weighted by molar-refractivity contribution is 6.01. The van der Waals surface area contributed by atoms with Crippen LogP contribution in [0.5, 0.6) is 0 Å². The second kappa shape index (κ2) is 10.7. The van der Waals surface area contributed by atoms with Crippen molar-refractivity contribution in [2.45, 2.75) is 32.4 Å². The summed E-state index contributed by atoms with van der Waals surface area (Å²) < 4.78 is 34.0. The number of ether oxygens (including phenoxy) is 1. The number of rotatable bonds is 6. The summed E-state index contributed by atoms with van der Waals surface area (Å²) in [5.74, 6) is -1.92. The molecule has 3 heterocycles. The average molecular weight is 470 g/mol. The highest BCUT2D eigenvalue weighted by atomic mass is 19.1. The number of nitrogens with zero attached hydrogens (tertiary/aromatic N) is 3. The van der Waals surface area contributed by atoms with Crippen molar-refractivity contribution in [2.24, 2.45) is 5.73 Å². The molecule has 34 heavy (non-hydrogen) atoms. The molecule has 1 aliphatic rings. The molecule has 0 spiro atoms. The van der Waals surface area contributed by atoms with E-state index in [-0.39, 0.29) is 54.4 Å². The maximum atomic E-state index is 14.2. The smallest absolute Gasteiger partial charge is 0.187 e. The van der Waals surface area contributed by atoms with Crippen LogP contribution in [-0.2, 0) is 11.2 Å². The fourth-order valence-corrected chi connectivity index (χ4v) is 4.15. The van der Waals surface area contributed by atoms with Gasteiger partial charge in [-0.2, -0.15) is 0 Å². The molecule has 0 unspecified atom stereocenters. The molecule has 0 bridgehead atoms. The number of ketones is 1. The lowest BCUT2D eigenvalue weighted by atomic mass is 10.00. The van der Waals surface area contributed by atoms with E-state index in [1.54, 1.807) is 19.5 Å². The lowest BCUT2D eigenvalue weighted by Crippen LogP contribution is -2.50. The van der Waals surface area contributed by atoms with Gasteiger partial charge in [0.25, 0.3) is 0 Å². The van der Waals surface area contributed by atoms with Gasteiger partial charge in [0, 0.05) is 56.3 Å². The fraction of sp³-hybridized carbons (Fsp3) is 0.320. The Hall–Kier alpha value is -3.43. The van der Waals surface area contributed by atoms with Crippen molar-refractivity contribution >= 4 is 17.2 Å². The number of nitrogen functional groups attached to an aromatic ring is 1. The molecule has 1 aromatic carbocycles. The van der Waals surface area contributed by atoms with E-state index in [0.29, 0.717) is 18.7 Å².